The number of fused-ring (bicyclic) bond motifs is 1. The minimum atomic E-state index is -0.680. The van der Waals surface area contributed by atoms with Crippen LogP contribution in [-0.2, 0) is 0 Å². The van der Waals surface area contributed by atoms with Crippen LogP contribution < -0.4 is 16.4 Å². The number of benzene rings is 2. The number of aromatic nitrogens is 2. The number of halogens is 2. The molecule has 0 fully saturated rings. The summed E-state index contributed by atoms with van der Waals surface area (Å²) in [7, 11) is 0. The number of H-pyrrole nitrogens is 1. The third-order valence-electron chi connectivity index (χ3n) is 3.38. The average Bonchev–Trinajstić information content (AvgIpc) is 2.62. The Morgan fingerprint density at radius 3 is 2.32 bits per heavy atom. The number of carbonyl (C=O) groups is 2. The van der Waals surface area contributed by atoms with Gasteiger partial charge in [-0.15, -0.1) is 0 Å². The zero-order valence-corrected chi connectivity index (χ0v) is 14.0. The number of rotatable bonds is 2. The van der Waals surface area contributed by atoms with Crippen molar-refractivity contribution < 1.29 is 9.59 Å². The van der Waals surface area contributed by atoms with Crippen molar-refractivity contribution >= 4 is 45.8 Å². The highest BCUT2D eigenvalue weighted by Gasteiger charge is 2.15. The number of nitrogens with zero attached hydrogens (tertiary/aromatic N) is 1. The van der Waals surface area contributed by atoms with Crippen molar-refractivity contribution in [2.75, 3.05) is 0 Å². The summed E-state index contributed by atoms with van der Waals surface area (Å²) in [5, 5.41) is 7.20. The first-order chi connectivity index (χ1) is 12.0. The van der Waals surface area contributed by atoms with Crippen molar-refractivity contribution in [3.05, 3.63) is 74.1 Å². The van der Waals surface area contributed by atoms with Gasteiger partial charge in [0.1, 0.15) is 0 Å². The van der Waals surface area contributed by atoms with Gasteiger partial charge in [-0.05, 0) is 24.3 Å². The quantitative estimate of drug-likeness (QED) is 0.596. The second kappa shape index (κ2) is 6.92. The molecule has 1 heterocycles. The molecule has 126 valence electrons. The van der Waals surface area contributed by atoms with E-state index in [-0.39, 0.29) is 16.3 Å². The maximum atomic E-state index is 12.3. The molecule has 0 aliphatic rings. The minimum absolute atomic E-state index is 0.0235. The van der Waals surface area contributed by atoms with Crippen LogP contribution in [0, 0.1) is 0 Å². The smallest absolute Gasteiger partial charge is 0.267 e. The molecule has 0 atom stereocenters. The average molecular weight is 377 g/mol. The standard InChI is InChI=1S/C16H10Cl2N4O3/c17-11-6-5-8(7-12(11)18)14(23)20-22-16(25)13-9-3-1-2-4-10(9)15(24)21-19-13/h1-7H,(H,20,23)(H,21,24)(H,22,25). The third kappa shape index (κ3) is 3.47. The molecule has 1 aromatic heterocycles. The molecule has 0 spiro atoms. The van der Waals surface area contributed by atoms with E-state index in [2.05, 4.69) is 21.0 Å². The number of nitrogens with one attached hydrogen (secondary N) is 3. The molecule has 25 heavy (non-hydrogen) atoms. The molecule has 7 nitrogen and oxygen atoms in total. The highest BCUT2D eigenvalue weighted by atomic mass is 35.5. The molecule has 0 radical (unpaired) electrons. The van der Waals surface area contributed by atoms with Crippen molar-refractivity contribution in [2.45, 2.75) is 0 Å². The molecule has 2 aromatic carbocycles. The van der Waals surface area contributed by atoms with E-state index in [9.17, 15) is 14.4 Å². The van der Waals surface area contributed by atoms with Gasteiger partial charge in [0.15, 0.2) is 5.69 Å². The van der Waals surface area contributed by atoms with E-state index in [1.54, 1.807) is 24.3 Å². The van der Waals surface area contributed by atoms with Gasteiger partial charge in [-0.1, -0.05) is 41.4 Å². The Kier molecular flexibility index (Phi) is 4.69. The molecule has 3 aromatic rings. The van der Waals surface area contributed by atoms with Gasteiger partial charge in [0, 0.05) is 10.9 Å². The highest BCUT2D eigenvalue weighted by Crippen LogP contribution is 2.22. The summed E-state index contributed by atoms with van der Waals surface area (Å²) in [4.78, 5) is 36.0. The predicted molar refractivity (Wildman–Crippen MR) is 93.8 cm³/mol. The monoisotopic (exact) mass is 376 g/mol. The lowest BCUT2D eigenvalue weighted by Gasteiger charge is -2.08. The molecule has 0 bridgehead atoms. The number of hydrazine groups is 1. The van der Waals surface area contributed by atoms with Gasteiger partial charge in [0.05, 0.1) is 15.4 Å². The van der Waals surface area contributed by atoms with Crippen LogP contribution in [-0.4, -0.2) is 22.0 Å². The normalized spacial score (nSPS) is 10.5. The summed E-state index contributed by atoms with van der Waals surface area (Å²) in [5.41, 5.74) is 4.28. The molecule has 3 rings (SSSR count). The van der Waals surface area contributed by atoms with E-state index in [1.807, 2.05) is 0 Å². The first-order valence-electron chi connectivity index (χ1n) is 7.00. The van der Waals surface area contributed by atoms with Gasteiger partial charge in [-0.25, -0.2) is 5.10 Å². The lowest BCUT2D eigenvalue weighted by Crippen LogP contribution is -2.42. The minimum Gasteiger partial charge on any atom is -0.267 e. The lowest BCUT2D eigenvalue weighted by molar-refractivity contribution is 0.0844. The van der Waals surface area contributed by atoms with Crippen LogP contribution in [0.2, 0.25) is 10.0 Å². The van der Waals surface area contributed by atoms with Crippen LogP contribution in [0.15, 0.2) is 47.3 Å². The Morgan fingerprint density at radius 1 is 0.920 bits per heavy atom. The van der Waals surface area contributed by atoms with E-state index >= 15 is 0 Å². The van der Waals surface area contributed by atoms with Gasteiger partial charge in [-0.2, -0.15) is 5.10 Å². The maximum Gasteiger partial charge on any atom is 0.290 e. The third-order valence-corrected chi connectivity index (χ3v) is 4.12. The first kappa shape index (κ1) is 16.9. The fourth-order valence-corrected chi connectivity index (χ4v) is 2.47. The van der Waals surface area contributed by atoms with Gasteiger partial charge in [0.2, 0.25) is 0 Å². The van der Waals surface area contributed by atoms with Crippen LogP contribution in [0.25, 0.3) is 10.8 Å². The Labute approximate surface area is 150 Å². The first-order valence-corrected chi connectivity index (χ1v) is 7.76. The second-order valence-corrected chi connectivity index (χ2v) is 5.80. The van der Waals surface area contributed by atoms with Gasteiger partial charge >= 0.3 is 0 Å². The van der Waals surface area contributed by atoms with Crippen LogP contribution in [0.4, 0.5) is 0 Å². The Bertz CT molecular complexity index is 1050. The van der Waals surface area contributed by atoms with Crippen LogP contribution in [0.3, 0.4) is 0 Å². The largest absolute Gasteiger partial charge is 0.290 e. The van der Waals surface area contributed by atoms with Crippen LogP contribution in [0.1, 0.15) is 20.8 Å². The lowest BCUT2D eigenvalue weighted by atomic mass is 10.1. The second-order valence-electron chi connectivity index (χ2n) is 4.98. The van der Waals surface area contributed by atoms with E-state index < -0.39 is 17.4 Å². The number of hydrogen-bond donors (Lipinski definition) is 3. The van der Waals surface area contributed by atoms with Gasteiger partial charge in [-0.3, -0.25) is 25.2 Å². The summed E-state index contributed by atoms with van der Waals surface area (Å²) < 4.78 is 0. The van der Waals surface area contributed by atoms with Crippen molar-refractivity contribution in [1.82, 2.24) is 21.0 Å². The summed E-state index contributed by atoms with van der Waals surface area (Å²) in [5.74, 6) is -1.26. The summed E-state index contributed by atoms with van der Waals surface area (Å²) in [6.07, 6.45) is 0. The maximum absolute atomic E-state index is 12.3. The van der Waals surface area contributed by atoms with Crippen molar-refractivity contribution in [3.8, 4) is 0 Å². The molecular weight excluding hydrogens is 367 g/mol. The van der Waals surface area contributed by atoms with E-state index in [0.29, 0.717) is 15.8 Å². The summed E-state index contributed by atoms with van der Waals surface area (Å²) >= 11 is 11.6. The molecule has 0 unspecified atom stereocenters. The predicted octanol–water partition coefficient (Wildman–Crippen LogP) is 2.30. The molecule has 0 saturated carbocycles. The molecule has 0 aliphatic carbocycles. The van der Waals surface area contributed by atoms with E-state index in [1.165, 1.54) is 18.2 Å². The number of carbonyl (C=O) groups excluding carboxylic acids is 2. The molecule has 0 aliphatic heterocycles. The van der Waals surface area contributed by atoms with E-state index in [0.717, 1.165) is 0 Å². The zero-order valence-electron chi connectivity index (χ0n) is 12.5. The van der Waals surface area contributed by atoms with Gasteiger partial charge < -0.3 is 0 Å². The fourth-order valence-electron chi connectivity index (χ4n) is 2.17. The number of aromatic amines is 1. The van der Waals surface area contributed by atoms with Crippen molar-refractivity contribution in [1.29, 1.82) is 0 Å². The number of hydrogen-bond acceptors (Lipinski definition) is 4. The Morgan fingerprint density at radius 2 is 1.60 bits per heavy atom. The fraction of sp³-hybridized carbons (Fsp3) is 0. The van der Waals surface area contributed by atoms with Crippen LogP contribution in [0.5, 0.6) is 0 Å². The summed E-state index contributed by atoms with van der Waals surface area (Å²) in [6.45, 7) is 0. The highest BCUT2D eigenvalue weighted by molar-refractivity contribution is 6.42. The Hall–Kier alpha value is -2.90. The van der Waals surface area contributed by atoms with Gasteiger partial charge in [0.25, 0.3) is 17.4 Å². The topological polar surface area (TPSA) is 104 Å². The molecular formula is C16H10Cl2N4O3. The SMILES string of the molecule is O=C(NNC(=O)c1n[nH]c(=O)c2ccccc12)c1ccc(Cl)c(Cl)c1. The molecule has 2 amide bonds. The zero-order chi connectivity index (χ0) is 18.0. The molecule has 3 N–H and O–H groups in total. The number of amides is 2. The van der Waals surface area contributed by atoms with E-state index in [4.69, 9.17) is 23.2 Å². The van der Waals surface area contributed by atoms with Crippen molar-refractivity contribution in [2.24, 2.45) is 0 Å². The van der Waals surface area contributed by atoms with Crippen molar-refractivity contribution in [3.63, 3.8) is 0 Å². The summed E-state index contributed by atoms with van der Waals surface area (Å²) in [6, 6.07) is 10.8. The van der Waals surface area contributed by atoms with Crippen LogP contribution >= 0.6 is 23.2 Å². The molecule has 9 heteroatoms. The Balaban J connectivity index is 1.79. The molecule has 0 saturated heterocycles.